The molecule has 2 unspecified atom stereocenters. The predicted octanol–water partition coefficient (Wildman–Crippen LogP) is 2.18. The van der Waals surface area contributed by atoms with E-state index in [4.69, 9.17) is 9.47 Å². The van der Waals surface area contributed by atoms with Crippen molar-refractivity contribution in [3.05, 3.63) is 29.8 Å². The number of carbonyl (C=O) groups is 2. The molecule has 7 heteroatoms. The molecule has 2 aliphatic rings. The lowest BCUT2D eigenvalue weighted by molar-refractivity contribution is -0.148. The molecule has 3 rings (SSSR count). The normalized spacial score (nSPS) is 22.8. The third-order valence-electron chi connectivity index (χ3n) is 4.39. The molecule has 2 aliphatic heterocycles. The standard InChI is InChI=1S/C20H26N2O5/c1-20(2,3)27-17(23)10-8-13-7-9-14-16(12-13)26-19(25)22(14)15-6-4-5-11-21-18(15)24/h7-10,12,15,19,25H,4-6,11H2,1-3H3,(H,21,24)/b10-8+. The third kappa shape index (κ3) is 4.60. The Balaban J connectivity index is 1.77. The number of nitrogens with one attached hydrogen (secondary N) is 1. The molecule has 0 aromatic heterocycles. The van der Waals surface area contributed by atoms with E-state index in [1.807, 2.05) is 26.8 Å². The van der Waals surface area contributed by atoms with E-state index in [0.717, 1.165) is 18.4 Å². The first kappa shape index (κ1) is 19.2. The van der Waals surface area contributed by atoms with Gasteiger partial charge in [0.15, 0.2) is 0 Å². The number of hydrogen-bond donors (Lipinski definition) is 2. The zero-order chi connectivity index (χ0) is 19.6. The average Bonchev–Trinajstić information content (AvgIpc) is 2.74. The van der Waals surface area contributed by atoms with Gasteiger partial charge in [0, 0.05) is 12.6 Å². The Labute approximate surface area is 158 Å². The van der Waals surface area contributed by atoms with E-state index in [-0.39, 0.29) is 5.91 Å². The molecule has 7 nitrogen and oxygen atoms in total. The number of ether oxygens (including phenoxy) is 2. The first-order valence-electron chi connectivity index (χ1n) is 9.20. The highest BCUT2D eigenvalue weighted by molar-refractivity contribution is 5.88. The average molecular weight is 374 g/mol. The molecule has 2 atom stereocenters. The molecule has 0 radical (unpaired) electrons. The Kier molecular flexibility index (Phi) is 5.41. The number of hydrogen-bond acceptors (Lipinski definition) is 6. The zero-order valence-electron chi connectivity index (χ0n) is 15.9. The van der Waals surface area contributed by atoms with E-state index in [1.165, 1.54) is 6.08 Å². The molecule has 0 saturated carbocycles. The monoisotopic (exact) mass is 374 g/mol. The number of aliphatic hydroxyl groups is 1. The molecule has 2 N–H and O–H groups in total. The number of benzene rings is 1. The van der Waals surface area contributed by atoms with Crippen molar-refractivity contribution in [2.45, 2.75) is 58.1 Å². The van der Waals surface area contributed by atoms with Crippen molar-refractivity contribution in [3.8, 4) is 5.75 Å². The topological polar surface area (TPSA) is 88.1 Å². The quantitative estimate of drug-likeness (QED) is 0.623. The fraction of sp³-hybridized carbons (Fsp3) is 0.500. The number of fused-ring (bicyclic) bond motifs is 1. The summed E-state index contributed by atoms with van der Waals surface area (Å²) in [5.74, 6) is -0.0523. The van der Waals surface area contributed by atoms with Gasteiger partial charge < -0.3 is 19.9 Å². The van der Waals surface area contributed by atoms with Crippen LogP contribution in [0.15, 0.2) is 24.3 Å². The van der Waals surface area contributed by atoms with Crippen LogP contribution < -0.4 is 15.0 Å². The van der Waals surface area contributed by atoms with Gasteiger partial charge >= 0.3 is 5.97 Å². The minimum atomic E-state index is -1.21. The third-order valence-corrected chi connectivity index (χ3v) is 4.39. The number of amides is 1. The van der Waals surface area contributed by atoms with Crippen molar-refractivity contribution in [1.82, 2.24) is 5.32 Å². The first-order chi connectivity index (χ1) is 12.7. The van der Waals surface area contributed by atoms with Crippen molar-refractivity contribution in [3.63, 3.8) is 0 Å². The lowest BCUT2D eigenvalue weighted by atomic mass is 10.1. The van der Waals surface area contributed by atoms with Crippen molar-refractivity contribution in [2.24, 2.45) is 0 Å². The van der Waals surface area contributed by atoms with Gasteiger partial charge in [0.1, 0.15) is 17.4 Å². The van der Waals surface area contributed by atoms with Crippen molar-refractivity contribution in [1.29, 1.82) is 0 Å². The van der Waals surface area contributed by atoms with E-state index in [2.05, 4.69) is 5.32 Å². The van der Waals surface area contributed by atoms with E-state index in [1.54, 1.807) is 23.1 Å². The van der Waals surface area contributed by atoms with Crippen LogP contribution in [0.25, 0.3) is 6.08 Å². The number of anilines is 1. The highest BCUT2D eigenvalue weighted by Crippen LogP contribution is 2.39. The SMILES string of the molecule is CC(C)(C)OC(=O)/C=C/c1ccc2c(c1)OC(O)N2C1CCCCNC1=O. The maximum absolute atomic E-state index is 12.3. The Morgan fingerprint density at radius 1 is 1.37 bits per heavy atom. The van der Waals surface area contributed by atoms with Crippen molar-refractivity contribution < 1.29 is 24.2 Å². The fourth-order valence-electron chi connectivity index (χ4n) is 3.24. The summed E-state index contributed by atoms with van der Waals surface area (Å²) >= 11 is 0. The second-order valence-electron chi connectivity index (χ2n) is 7.75. The van der Waals surface area contributed by atoms with Crippen LogP contribution in [-0.4, -0.2) is 41.6 Å². The van der Waals surface area contributed by atoms with E-state index >= 15 is 0 Å². The van der Waals surface area contributed by atoms with Crippen LogP contribution >= 0.6 is 0 Å². The summed E-state index contributed by atoms with van der Waals surface area (Å²) in [6.07, 6.45) is 4.26. The highest BCUT2D eigenvalue weighted by atomic mass is 16.6. The van der Waals surface area contributed by atoms with Gasteiger partial charge in [-0.15, -0.1) is 0 Å². The van der Waals surface area contributed by atoms with Crippen LogP contribution in [0.1, 0.15) is 45.6 Å². The van der Waals surface area contributed by atoms with Gasteiger partial charge in [-0.25, -0.2) is 4.79 Å². The summed E-state index contributed by atoms with van der Waals surface area (Å²) in [7, 11) is 0. The molecule has 2 heterocycles. The minimum absolute atomic E-state index is 0.100. The molecule has 1 saturated heterocycles. The van der Waals surface area contributed by atoms with Crippen LogP contribution in [0.2, 0.25) is 0 Å². The molecule has 1 aromatic carbocycles. The molecule has 0 bridgehead atoms. The maximum atomic E-state index is 12.3. The summed E-state index contributed by atoms with van der Waals surface area (Å²) in [6.45, 7) is 6.08. The lowest BCUT2D eigenvalue weighted by Crippen LogP contribution is -2.50. The van der Waals surface area contributed by atoms with E-state index in [0.29, 0.717) is 24.4 Å². The minimum Gasteiger partial charge on any atom is -0.457 e. The Morgan fingerprint density at radius 3 is 2.89 bits per heavy atom. The van der Waals surface area contributed by atoms with Gasteiger partial charge in [-0.1, -0.05) is 6.07 Å². The largest absolute Gasteiger partial charge is 0.457 e. The summed E-state index contributed by atoms with van der Waals surface area (Å²) < 4.78 is 10.8. The van der Waals surface area contributed by atoms with Gasteiger partial charge in [-0.2, -0.15) is 0 Å². The number of carbonyl (C=O) groups excluding carboxylic acids is 2. The molecular formula is C20H26N2O5. The summed E-state index contributed by atoms with van der Waals surface area (Å²) in [5, 5.41) is 13.2. The van der Waals surface area contributed by atoms with Crippen molar-refractivity contribution >= 4 is 23.6 Å². The number of aliphatic hydroxyl groups excluding tert-OH is 1. The highest BCUT2D eigenvalue weighted by Gasteiger charge is 2.38. The molecule has 0 spiro atoms. The van der Waals surface area contributed by atoms with Crippen LogP contribution in [0, 0.1) is 0 Å². The predicted molar refractivity (Wildman–Crippen MR) is 101 cm³/mol. The molecule has 0 aliphatic carbocycles. The Morgan fingerprint density at radius 2 is 2.15 bits per heavy atom. The van der Waals surface area contributed by atoms with Crippen LogP contribution in [0.5, 0.6) is 5.75 Å². The fourth-order valence-corrected chi connectivity index (χ4v) is 3.24. The molecule has 27 heavy (non-hydrogen) atoms. The van der Waals surface area contributed by atoms with Crippen LogP contribution in [-0.2, 0) is 14.3 Å². The molecular weight excluding hydrogens is 348 g/mol. The van der Waals surface area contributed by atoms with E-state index in [9.17, 15) is 14.7 Å². The van der Waals surface area contributed by atoms with Crippen molar-refractivity contribution in [2.75, 3.05) is 11.4 Å². The zero-order valence-corrected chi connectivity index (χ0v) is 15.9. The second kappa shape index (κ2) is 7.60. The Bertz CT molecular complexity index is 753. The number of rotatable bonds is 3. The van der Waals surface area contributed by atoms with Gasteiger partial charge in [-0.3, -0.25) is 9.69 Å². The molecule has 1 aromatic rings. The molecule has 1 amide bonds. The first-order valence-corrected chi connectivity index (χ1v) is 9.20. The summed E-state index contributed by atoms with van der Waals surface area (Å²) in [4.78, 5) is 25.8. The summed E-state index contributed by atoms with van der Waals surface area (Å²) in [5.41, 5.74) is 0.852. The van der Waals surface area contributed by atoms with Gasteiger partial charge in [-0.05, 0) is 63.8 Å². The Hall–Kier alpha value is -2.54. The van der Waals surface area contributed by atoms with Gasteiger partial charge in [0.2, 0.25) is 5.91 Å². The second-order valence-corrected chi connectivity index (χ2v) is 7.75. The molecule has 146 valence electrons. The smallest absolute Gasteiger partial charge is 0.331 e. The number of nitrogens with zero attached hydrogens (tertiary/aromatic N) is 1. The van der Waals surface area contributed by atoms with Gasteiger partial charge in [0.25, 0.3) is 6.41 Å². The van der Waals surface area contributed by atoms with E-state index < -0.39 is 24.0 Å². The van der Waals surface area contributed by atoms with Crippen LogP contribution in [0.4, 0.5) is 5.69 Å². The molecule has 1 fully saturated rings. The van der Waals surface area contributed by atoms with Crippen LogP contribution in [0.3, 0.4) is 0 Å². The lowest BCUT2D eigenvalue weighted by Gasteiger charge is -2.28. The van der Waals surface area contributed by atoms with Gasteiger partial charge in [0.05, 0.1) is 5.69 Å². The number of esters is 1. The maximum Gasteiger partial charge on any atom is 0.331 e. The summed E-state index contributed by atoms with van der Waals surface area (Å²) in [6, 6.07) is 4.86.